The van der Waals surface area contributed by atoms with Crippen LogP contribution in [-0.2, 0) is 11.3 Å². The number of likely N-dealkylation sites (tertiary alicyclic amines) is 1. The van der Waals surface area contributed by atoms with Gasteiger partial charge in [0.2, 0.25) is 5.91 Å². The molecule has 1 aliphatic heterocycles. The Balaban J connectivity index is 1.94. The molecule has 0 radical (unpaired) electrons. The van der Waals surface area contributed by atoms with Crippen LogP contribution in [0, 0.1) is 5.92 Å². The number of nitrogens with zero attached hydrogens (tertiary/aromatic N) is 2. The molecular formula is C18H28N4O. The lowest BCUT2D eigenvalue weighted by Crippen LogP contribution is -2.43. The van der Waals surface area contributed by atoms with Gasteiger partial charge in [0, 0.05) is 25.2 Å². The summed E-state index contributed by atoms with van der Waals surface area (Å²) in [6.07, 6.45) is 3.84. The van der Waals surface area contributed by atoms with Crippen LogP contribution in [0.25, 0.3) is 0 Å². The average Bonchev–Trinajstić information content (AvgIpc) is 2.53. The molecule has 0 saturated carbocycles. The molecule has 1 aromatic rings. The van der Waals surface area contributed by atoms with Gasteiger partial charge in [0.1, 0.15) is 0 Å². The van der Waals surface area contributed by atoms with E-state index in [1.165, 1.54) is 12.8 Å². The van der Waals surface area contributed by atoms with Gasteiger partial charge in [-0.15, -0.1) is 0 Å². The number of hydrogen-bond acceptors (Lipinski definition) is 2. The van der Waals surface area contributed by atoms with Gasteiger partial charge >= 0.3 is 0 Å². The minimum absolute atomic E-state index is 0.0509. The Morgan fingerprint density at radius 1 is 1.48 bits per heavy atom. The Bertz CT molecular complexity index is 556. The Morgan fingerprint density at radius 3 is 3.04 bits per heavy atom. The second kappa shape index (κ2) is 8.56. The van der Waals surface area contributed by atoms with E-state index in [-0.39, 0.29) is 5.91 Å². The van der Waals surface area contributed by atoms with Crippen LogP contribution in [0.3, 0.4) is 0 Å². The van der Waals surface area contributed by atoms with Crippen molar-refractivity contribution in [2.45, 2.75) is 46.1 Å². The lowest BCUT2D eigenvalue weighted by Gasteiger charge is -2.31. The summed E-state index contributed by atoms with van der Waals surface area (Å²) in [5, 5.41) is 2.91. The van der Waals surface area contributed by atoms with E-state index >= 15 is 0 Å². The van der Waals surface area contributed by atoms with Crippen molar-refractivity contribution in [3.8, 4) is 0 Å². The number of guanidine groups is 1. The maximum Gasteiger partial charge on any atom is 0.224 e. The number of anilines is 1. The molecule has 0 aromatic heterocycles. The van der Waals surface area contributed by atoms with Crippen molar-refractivity contribution in [1.29, 1.82) is 0 Å². The maximum absolute atomic E-state index is 11.7. The van der Waals surface area contributed by atoms with Crippen molar-refractivity contribution in [2.75, 3.05) is 18.4 Å². The van der Waals surface area contributed by atoms with E-state index in [1.54, 1.807) is 0 Å². The number of amides is 1. The van der Waals surface area contributed by atoms with E-state index in [2.05, 4.69) is 22.1 Å². The first-order chi connectivity index (χ1) is 11.1. The van der Waals surface area contributed by atoms with E-state index in [0.29, 0.717) is 24.8 Å². The van der Waals surface area contributed by atoms with Gasteiger partial charge in [0.25, 0.3) is 0 Å². The molecule has 5 nitrogen and oxygen atoms in total. The summed E-state index contributed by atoms with van der Waals surface area (Å²) in [5.41, 5.74) is 7.99. The molecule has 0 aliphatic carbocycles. The van der Waals surface area contributed by atoms with E-state index in [0.717, 1.165) is 30.8 Å². The van der Waals surface area contributed by atoms with Crippen LogP contribution in [0.2, 0.25) is 0 Å². The molecule has 1 atom stereocenters. The van der Waals surface area contributed by atoms with Crippen LogP contribution >= 0.6 is 0 Å². The van der Waals surface area contributed by atoms with Crippen molar-refractivity contribution in [1.82, 2.24) is 4.90 Å². The molecule has 1 fully saturated rings. The van der Waals surface area contributed by atoms with Crippen molar-refractivity contribution in [2.24, 2.45) is 16.6 Å². The van der Waals surface area contributed by atoms with Crippen LogP contribution < -0.4 is 11.1 Å². The van der Waals surface area contributed by atoms with E-state index in [9.17, 15) is 4.79 Å². The zero-order valence-corrected chi connectivity index (χ0v) is 14.2. The largest absolute Gasteiger partial charge is 0.370 e. The van der Waals surface area contributed by atoms with Gasteiger partial charge in [-0.25, -0.2) is 4.99 Å². The lowest BCUT2D eigenvalue weighted by molar-refractivity contribution is -0.116. The third-order valence-corrected chi connectivity index (χ3v) is 4.09. The van der Waals surface area contributed by atoms with Gasteiger partial charge < -0.3 is 16.0 Å². The van der Waals surface area contributed by atoms with Crippen molar-refractivity contribution >= 4 is 17.6 Å². The van der Waals surface area contributed by atoms with Gasteiger partial charge in [-0.3, -0.25) is 4.79 Å². The van der Waals surface area contributed by atoms with Crippen LogP contribution in [-0.4, -0.2) is 29.9 Å². The van der Waals surface area contributed by atoms with Gasteiger partial charge in [-0.2, -0.15) is 0 Å². The fourth-order valence-electron chi connectivity index (χ4n) is 2.87. The topological polar surface area (TPSA) is 70.7 Å². The van der Waals surface area contributed by atoms with Crippen molar-refractivity contribution < 1.29 is 4.79 Å². The summed E-state index contributed by atoms with van der Waals surface area (Å²) < 4.78 is 0. The molecule has 2 rings (SSSR count). The number of hydrogen-bond donors (Lipinski definition) is 2. The van der Waals surface area contributed by atoms with Crippen molar-refractivity contribution in [3.63, 3.8) is 0 Å². The zero-order chi connectivity index (χ0) is 16.7. The molecule has 1 saturated heterocycles. The Morgan fingerprint density at radius 2 is 2.30 bits per heavy atom. The highest BCUT2D eigenvalue weighted by atomic mass is 16.1. The second-order valence-electron chi connectivity index (χ2n) is 6.37. The molecule has 1 aliphatic rings. The third kappa shape index (κ3) is 5.58. The van der Waals surface area contributed by atoms with Crippen LogP contribution in [0.5, 0.6) is 0 Å². The van der Waals surface area contributed by atoms with Crippen molar-refractivity contribution in [3.05, 3.63) is 29.8 Å². The molecule has 3 N–H and O–H groups in total. The first-order valence-electron chi connectivity index (χ1n) is 8.52. The van der Waals surface area contributed by atoms with Crippen LogP contribution in [0.15, 0.2) is 29.3 Å². The zero-order valence-electron chi connectivity index (χ0n) is 14.2. The number of benzene rings is 1. The lowest BCUT2D eigenvalue weighted by atomic mass is 10.0. The molecule has 0 spiro atoms. The number of carbonyl (C=O) groups excluding carboxylic acids is 1. The minimum atomic E-state index is 0.0509. The molecular weight excluding hydrogens is 288 g/mol. The fraction of sp³-hybridized carbons (Fsp3) is 0.556. The maximum atomic E-state index is 11.7. The van der Waals surface area contributed by atoms with Gasteiger partial charge in [0.05, 0.1) is 6.54 Å². The Hall–Kier alpha value is -2.04. The third-order valence-electron chi connectivity index (χ3n) is 4.09. The molecule has 1 unspecified atom stereocenters. The van der Waals surface area contributed by atoms with E-state index in [4.69, 9.17) is 5.73 Å². The quantitative estimate of drug-likeness (QED) is 0.648. The van der Waals surface area contributed by atoms with Gasteiger partial charge in [0.15, 0.2) is 5.96 Å². The predicted octanol–water partition coefficient (Wildman–Crippen LogP) is 2.97. The number of nitrogens with one attached hydrogen (secondary N) is 1. The Kier molecular flexibility index (Phi) is 6.44. The highest BCUT2D eigenvalue weighted by Crippen LogP contribution is 2.16. The summed E-state index contributed by atoms with van der Waals surface area (Å²) in [7, 11) is 0. The Labute approximate surface area is 139 Å². The molecule has 0 bridgehead atoms. The molecule has 1 amide bonds. The number of carbonyl (C=O) groups is 1. The number of rotatable bonds is 5. The number of aliphatic imine (C=N–C) groups is 1. The molecule has 1 aromatic carbocycles. The second-order valence-corrected chi connectivity index (χ2v) is 6.37. The predicted molar refractivity (Wildman–Crippen MR) is 95.3 cm³/mol. The van der Waals surface area contributed by atoms with Gasteiger partial charge in [-0.05, 0) is 42.9 Å². The number of piperidine rings is 1. The summed E-state index contributed by atoms with van der Waals surface area (Å²) in [4.78, 5) is 18.3. The standard InChI is InChI=1S/C18H28N4O/c1-3-6-17(23)21-16-9-4-8-15(11-16)12-20-18(19)22-10-5-7-14(2)13-22/h4,8-9,11,14H,3,5-7,10,12-13H2,1-2H3,(H2,19,20)(H,21,23). The summed E-state index contributed by atoms with van der Waals surface area (Å²) in [6.45, 7) is 6.76. The SMILES string of the molecule is CCCC(=O)Nc1cccc(CN=C(N)N2CCCC(C)C2)c1. The summed E-state index contributed by atoms with van der Waals surface area (Å²) in [6, 6.07) is 7.80. The van der Waals surface area contributed by atoms with Crippen LogP contribution in [0.1, 0.15) is 45.1 Å². The van der Waals surface area contributed by atoms with E-state index in [1.807, 2.05) is 31.2 Å². The number of nitrogens with two attached hydrogens (primary N) is 1. The summed E-state index contributed by atoms with van der Waals surface area (Å²) in [5.74, 6) is 1.35. The smallest absolute Gasteiger partial charge is 0.224 e. The molecule has 5 heteroatoms. The highest BCUT2D eigenvalue weighted by Gasteiger charge is 2.17. The normalized spacial score (nSPS) is 18.8. The average molecular weight is 316 g/mol. The molecule has 1 heterocycles. The molecule has 23 heavy (non-hydrogen) atoms. The van der Waals surface area contributed by atoms with E-state index < -0.39 is 0 Å². The first-order valence-corrected chi connectivity index (χ1v) is 8.52. The monoisotopic (exact) mass is 316 g/mol. The fourth-order valence-corrected chi connectivity index (χ4v) is 2.87. The minimum Gasteiger partial charge on any atom is -0.370 e. The molecule has 126 valence electrons. The highest BCUT2D eigenvalue weighted by molar-refractivity contribution is 5.90. The van der Waals surface area contributed by atoms with Crippen LogP contribution in [0.4, 0.5) is 5.69 Å². The summed E-state index contributed by atoms with van der Waals surface area (Å²) >= 11 is 0. The first kappa shape index (κ1) is 17.3. The van der Waals surface area contributed by atoms with Gasteiger partial charge in [-0.1, -0.05) is 26.0 Å².